The van der Waals surface area contributed by atoms with Crippen LogP contribution >= 0.6 is 11.6 Å². The van der Waals surface area contributed by atoms with E-state index in [2.05, 4.69) is 4.72 Å². The number of nitrogens with zero attached hydrogens (tertiary/aromatic N) is 1. The van der Waals surface area contributed by atoms with Gasteiger partial charge in [-0.15, -0.1) is 0 Å². The Balaban J connectivity index is 2.33. The van der Waals surface area contributed by atoms with Crippen molar-refractivity contribution in [1.29, 1.82) is 0 Å². The third-order valence-electron chi connectivity index (χ3n) is 3.86. The molecule has 10 heteroatoms. The third-order valence-corrected chi connectivity index (χ3v) is 5.68. The topological polar surface area (TPSA) is 105 Å². The van der Waals surface area contributed by atoms with Crippen LogP contribution in [-0.4, -0.2) is 57.2 Å². The zero-order chi connectivity index (χ0) is 17.9. The molecule has 1 saturated heterocycles. The number of carbonyl (C=O) groups is 1. The highest BCUT2D eigenvalue weighted by Gasteiger charge is 2.30. The standard InChI is InChI=1S/C14H19ClN2O6S/c1-22-9-5-7-17(8-6-9)24(20,21)16-13-11(23-2)4-3-10(15)12(13)14(18)19/h3-4,9,16H,5-8H2,1-2H3,(H,18,19). The average molecular weight is 379 g/mol. The van der Waals surface area contributed by atoms with E-state index in [-0.39, 0.29) is 41.2 Å². The van der Waals surface area contributed by atoms with Crippen molar-refractivity contribution in [3.63, 3.8) is 0 Å². The van der Waals surface area contributed by atoms with Crippen LogP contribution in [-0.2, 0) is 14.9 Å². The van der Waals surface area contributed by atoms with E-state index in [1.165, 1.54) is 23.5 Å². The number of ether oxygens (including phenoxy) is 2. The number of aromatic carboxylic acids is 1. The normalized spacial score (nSPS) is 16.8. The number of rotatable bonds is 6. The quantitative estimate of drug-likeness (QED) is 0.782. The molecule has 2 rings (SSSR count). The molecule has 1 aromatic rings. The first-order valence-electron chi connectivity index (χ1n) is 7.20. The fraction of sp³-hybridized carbons (Fsp3) is 0.500. The number of carboxylic acid groups (broad SMARTS) is 1. The van der Waals surface area contributed by atoms with Crippen LogP contribution in [0.5, 0.6) is 5.75 Å². The van der Waals surface area contributed by atoms with Crippen LogP contribution in [0.1, 0.15) is 23.2 Å². The first kappa shape index (κ1) is 18.8. The van der Waals surface area contributed by atoms with Gasteiger partial charge in [0, 0.05) is 20.2 Å². The second kappa shape index (κ2) is 7.56. The first-order chi connectivity index (χ1) is 11.3. The maximum Gasteiger partial charge on any atom is 0.339 e. The van der Waals surface area contributed by atoms with E-state index in [0.29, 0.717) is 12.8 Å². The number of nitrogens with one attached hydrogen (secondary N) is 1. The molecule has 1 aliphatic heterocycles. The summed E-state index contributed by atoms with van der Waals surface area (Å²) in [6, 6.07) is 2.75. The number of hydrogen-bond acceptors (Lipinski definition) is 5. The molecule has 2 N–H and O–H groups in total. The van der Waals surface area contributed by atoms with E-state index < -0.39 is 16.2 Å². The number of halogens is 1. The van der Waals surface area contributed by atoms with Crippen molar-refractivity contribution < 1.29 is 27.8 Å². The first-order valence-corrected chi connectivity index (χ1v) is 9.02. The predicted octanol–water partition coefficient (Wildman–Crippen LogP) is 1.81. The largest absolute Gasteiger partial charge is 0.495 e. The molecule has 0 amide bonds. The van der Waals surface area contributed by atoms with E-state index in [4.69, 9.17) is 21.1 Å². The lowest BCUT2D eigenvalue weighted by molar-refractivity contribution is 0.0606. The number of carboxylic acids is 1. The van der Waals surface area contributed by atoms with Crippen LogP contribution < -0.4 is 9.46 Å². The highest BCUT2D eigenvalue weighted by molar-refractivity contribution is 7.90. The van der Waals surface area contributed by atoms with Gasteiger partial charge in [0.15, 0.2) is 0 Å². The number of hydrogen-bond donors (Lipinski definition) is 2. The molecule has 0 spiro atoms. The highest BCUT2D eigenvalue weighted by atomic mass is 35.5. The van der Waals surface area contributed by atoms with Gasteiger partial charge in [-0.2, -0.15) is 12.7 Å². The zero-order valence-electron chi connectivity index (χ0n) is 13.3. The lowest BCUT2D eigenvalue weighted by atomic mass is 10.1. The van der Waals surface area contributed by atoms with Crippen LogP contribution in [0, 0.1) is 0 Å². The minimum atomic E-state index is -3.95. The lowest BCUT2D eigenvalue weighted by Gasteiger charge is -2.30. The van der Waals surface area contributed by atoms with Crippen molar-refractivity contribution in [2.75, 3.05) is 32.0 Å². The van der Waals surface area contributed by atoms with Gasteiger partial charge < -0.3 is 14.6 Å². The van der Waals surface area contributed by atoms with E-state index in [1.54, 1.807) is 7.11 Å². The van der Waals surface area contributed by atoms with E-state index >= 15 is 0 Å². The van der Waals surface area contributed by atoms with Crippen molar-refractivity contribution in [3.8, 4) is 5.75 Å². The van der Waals surface area contributed by atoms with E-state index in [0.717, 1.165) is 0 Å². The molecule has 0 unspecified atom stereocenters. The minimum Gasteiger partial charge on any atom is -0.495 e. The average Bonchev–Trinajstić information content (AvgIpc) is 2.54. The molecule has 0 radical (unpaired) electrons. The van der Waals surface area contributed by atoms with Gasteiger partial charge in [-0.25, -0.2) is 4.79 Å². The summed E-state index contributed by atoms with van der Waals surface area (Å²) < 4.78 is 39.0. The van der Waals surface area contributed by atoms with Gasteiger partial charge in [0.1, 0.15) is 17.0 Å². The molecule has 0 aromatic heterocycles. The summed E-state index contributed by atoms with van der Waals surface area (Å²) in [5.41, 5.74) is -0.544. The molecular formula is C14H19ClN2O6S. The van der Waals surface area contributed by atoms with Gasteiger partial charge in [0.2, 0.25) is 0 Å². The fourth-order valence-electron chi connectivity index (χ4n) is 2.54. The Labute approximate surface area is 145 Å². The lowest BCUT2D eigenvalue weighted by Crippen LogP contribution is -2.43. The van der Waals surface area contributed by atoms with Crippen LogP contribution in [0.25, 0.3) is 0 Å². The number of anilines is 1. The molecule has 1 aliphatic rings. The van der Waals surface area contributed by atoms with Crippen molar-refractivity contribution in [1.82, 2.24) is 4.31 Å². The molecule has 24 heavy (non-hydrogen) atoms. The Kier molecular flexibility index (Phi) is 5.92. The van der Waals surface area contributed by atoms with Gasteiger partial charge in [0.05, 0.1) is 18.2 Å². The van der Waals surface area contributed by atoms with Crippen molar-refractivity contribution in [2.45, 2.75) is 18.9 Å². The summed E-state index contributed by atoms with van der Waals surface area (Å²) in [5.74, 6) is -1.28. The van der Waals surface area contributed by atoms with Gasteiger partial charge in [-0.05, 0) is 25.0 Å². The van der Waals surface area contributed by atoms with Crippen molar-refractivity contribution >= 4 is 33.5 Å². The summed E-state index contributed by atoms with van der Waals surface area (Å²) >= 11 is 5.90. The van der Waals surface area contributed by atoms with Gasteiger partial charge in [0.25, 0.3) is 0 Å². The number of piperidine rings is 1. The van der Waals surface area contributed by atoms with E-state index in [1.807, 2.05) is 0 Å². The number of benzene rings is 1. The van der Waals surface area contributed by atoms with Crippen LogP contribution in [0.4, 0.5) is 5.69 Å². The zero-order valence-corrected chi connectivity index (χ0v) is 14.9. The molecule has 0 saturated carbocycles. The molecule has 0 atom stereocenters. The van der Waals surface area contributed by atoms with E-state index in [9.17, 15) is 18.3 Å². The predicted molar refractivity (Wildman–Crippen MR) is 89.1 cm³/mol. The second-order valence-electron chi connectivity index (χ2n) is 5.25. The molecule has 0 aliphatic carbocycles. The molecule has 8 nitrogen and oxygen atoms in total. The third kappa shape index (κ3) is 3.92. The summed E-state index contributed by atoms with van der Waals surface area (Å²) in [4.78, 5) is 11.4. The summed E-state index contributed by atoms with van der Waals surface area (Å²) in [6.45, 7) is 0.554. The van der Waals surface area contributed by atoms with Crippen LogP contribution in [0.2, 0.25) is 5.02 Å². The molecule has 1 heterocycles. The summed E-state index contributed by atoms with van der Waals surface area (Å²) in [7, 11) is -1.05. The SMILES string of the molecule is COc1ccc(Cl)c(C(=O)O)c1NS(=O)(=O)N1CCC(OC)CC1. The molecule has 0 bridgehead atoms. The molecule has 1 aromatic carbocycles. The minimum absolute atomic E-state index is 0.0201. The van der Waals surface area contributed by atoms with Crippen LogP contribution in [0.3, 0.4) is 0 Å². The Hall–Kier alpha value is -1.55. The fourth-order valence-corrected chi connectivity index (χ4v) is 4.06. The van der Waals surface area contributed by atoms with Crippen LogP contribution in [0.15, 0.2) is 12.1 Å². The highest BCUT2D eigenvalue weighted by Crippen LogP contribution is 2.35. The Bertz CT molecular complexity index is 716. The Morgan fingerprint density at radius 1 is 1.33 bits per heavy atom. The van der Waals surface area contributed by atoms with Gasteiger partial charge >= 0.3 is 16.2 Å². The summed E-state index contributed by atoms with van der Waals surface area (Å²) in [6.07, 6.45) is 1.15. The van der Waals surface area contributed by atoms with Crippen molar-refractivity contribution in [2.24, 2.45) is 0 Å². The monoisotopic (exact) mass is 378 g/mol. The maximum absolute atomic E-state index is 12.6. The molecular weight excluding hydrogens is 360 g/mol. The maximum atomic E-state index is 12.6. The van der Waals surface area contributed by atoms with Gasteiger partial charge in [-0.1, -0.05) is 11.6 Å². The molecule has 134 valence electrons. The second-order valence-corrected chi connectivity index (χ2v) is 7.32. The smallest absolute Gasteiger partial charge is 0.339 e. The Morgan fingerprint density at radius 2 is 1.96 bits per heavy atom. The van der Waals surface area contributed by atoms with Crippen molar-refractivity contribution in [3.05, 3.63) is 22.7 Å². The summed E-state index contributed by atoms with van der Waals surface area (Å²) in [5, 5.41) is 9.25. The Morgan fingerprint density at radius 3 is 2.46 bits per heavy atom. The number of methoxy groups -OCH3 is 2. The molecule has 1 fully saturated rings. The van der Waals surface area contributed by atoms with Gasteiger partial charge in [-0.3, -0.25) is 4.72 Å².